The topological polar surface area (TPSA) is 75.6 Å². The number of ether oxygens (including phenoxy) is 1. The number of benzene rings is 2. The Balaban J connectivity index is 1.99. The zero-order chi connectivity index (χ0) is 19.1. The van der Waals surface area contributed by atoms with Gasteiger partial charge in [-0.3, -0.25) is 9.59 Å². The molecule has 0 saturated heterocycles. The van der Waals surface area contributed by atoms with Gasteiger partial charge in [0, 0.05) is 23.4 Å². The SMILES string of the molecule is CCC12NC=CC(=O)C1(O)OC(c1ccccc1)=C2C(=O)c1ccccc1. The van der Waals surface area contributed by atoms with E-state index >= 15 is 0 Å². The monoisotopic (exact) mass is 361 g/mol. The summed E-state index contributed by atoms with van der Waals surface area (Å²) in [7, 11) is 0. The molecule has 2 aromatic rings. The van der Waals surface area contributed by atoms with Gasteiger partial charge < -0.3 is 15.2 Å². The first-order valence-electron chi connectivity index (χ1n) is 8.83. The zero-order valence-electron chi connectivity index (χ0n) is 14.8. The summed E-state index contributed by atoms with van der Waals surface area (Å²) in [6, 6.07) is 17.8. The normalized spacial score (nSPS) is 26.4. The van der Waals surface area contributed by atoms with E-state index in [0.717, 1.165) is 0 Å². The molecule has 27 heavy (non-hydrogen) atoms. The van der Waals surface area contributed by atoms with Gasteiger partial charge in [0.15, 0.2) is 5.78 Å². The van der Waals surface area contributed by atoms with Crippen molar-refractivity contribution in [3.05, 3.63) is 89.6 Å². The summed E-state index contributed by atoms with van der Waals surface area (Å²) in [6.07, 6.45) is 2.98. The van der Waals surface area contributed by atoms with Crippen molar-refractivity contribution in [3.8, 4) is 0 Å². The maximum atomic E-state index is 13.5. The lowest BCUT2D eigenvalue weighted by Crippen LogP contribution is -2.66. The van der Waals surface area contributed by atoms with E-state index < -0.39 is 17.1 Å². The van der Waals surface area contributed by atoms with Crippen LogP contribution in [0.1, 0.15) is 29.3 Å². The van der Waals surface area contributed by atoms with Crippen molar-refractivity contribution >= 4 is 17.3 Å². The molecule has 0 bridgehead atoms. The largest absolute Gasteiger partial charge is 0.451 e. The Labute approximate surface area is 157 Å². The number of carbonyl (C=O) groups excluding carboxylic acids is 2. The van der Waals surface area contributed by atoms with Crippen LogP contribution in [0.5, 0.6) is 0 Å². The molecule has 4 rings (SSSR count). The van der Waals surface area contributed by atoms with Crippen molar-refractivity contribution in [2.45, 2.75) is 24.7 Å². The van der Waals surface area contributed by atoms with E-state index in [1.54, 1.807) is 43.3 Å². The number of hydrogen-bond donors (Lipinski definition) is 2. The molecule has 2 N–H and O–H groups in total. The second-order valence-electron chi connectivity index (χ2n) is 6.61. The van der Waals surface area contributed by atoms with Crippen LogP contribution in [0.3, 0.4) is 0 Å². The fourth-order valence-electron chi connectivity index (χ4n) is 3.79. The molecule has 2 atom stereocenters. The molecule has 0 fully saturated rings. The van der Waals surface area contributed by atoms with Gasteiger partial charge in [0.05, 0.1) is 5.57 Å². The molecule has 0 saturated carbocycles. The quantitative estimate of drug-likeness (QED) is 0.819. The summed E-state index contributed by atoms with van der Waals surface area (Å²) in [4.78, 5) is 26.1. The van der Waals surface area contributed by atoms with Gasteiger partial charge in [-0.1, -0.05) is 67.6 Å². The highest BCUT2D eigenvalue weighted by Gasteiger charge is 2.66. The van der Waals surface area contributed by atoms with Crippen LogP contribution in [0.2, 0.25) is 0 Å². The van der Waals surface area contributed by atoms with Crippen LogP contribution in [0, 0.1) is 0 Å². The predicted molar refractivity (Wildman–Crippen MR) is 100 cm³/mol. The van der Waals surface area contributed by atoms with Crippen molar-refractivity contribution in [2.24, 2.45) is 0 Å². The third-order valence-electron chi connectivity index (χ3n) is 5.21. The van der Waals surface area contributed by atoms with Gasteiger partial charge in [0.1, 0.15) is 11.3 Å². The number of fused-ring (bicyclic) bond motifs is 1. The smallest absolute Gasteiger partial charge is 0.300 e. The molecule has 0 aliphatic carbocycles. The molecular weight excluding hydrogens is 342 g/mol. The number of Topliss-reactive ketones (excluding diaryl/α,β-unsaturated/α-hetero) is 1. The fraction of sp³-hybridized carbons (Fsp3) is 0.182. The van der Waals surface area contributed by atoms with Gasteiger partial charge in [-0.15, -0.1) is 0 Å². The first kappa shape index (κ1) is 17.2. The lowest BCUT2D eigenvalue weighted by atomic mass is 9.74. The molecule has 2 unspecified atom stereocenters. The van der Waals surface area contributed by atoms with Crippen molar-refractivity contribution < 1.29 is 19.4 Å². The zero-order valence-corrected chi connectivity index (χ0v) is 14.8. The first-order valence-corrected chi connectivity index (χ1v) is 8.83. The van der Waals surface area contributed by atoms with E-state index in [1.807, 2.05) is 24.3 Å². The van der Waals surface area contributed by atoms with E-state index in [2.05, 4.69) is 5.32 Å². The average Bonchev–Trinajstić information content (AvgIpc) is 3.00. The summed E-state index contributed by atoms with van der Waals surface area (Å²) in [5.41, 5.74) is -0.0215. The van der Waals surface area contributed by atoms with Crippen LogP contribution in [0.4, 0.5) is 0 Å². The average molecular weight is 361 g/mol. The minimum Gasteiger partial charge on any atom is -0.451 e. The standard InChI is InChI=1S/C22H19NO4/c1-2-21-18(19(25)15-9-5-3-6-10-15)20(16-11-7-4-8-12-16)27-22(21,26)17(24)13-14-23-21/h3-14,23,26H,2H2,1H3. The molecule has 2 heterocycles. The Hall–Kier alpha value is -3.18. The van der Waals surface area contributed by atoms with Gasteiger partial charge in [-0.05, 0) is 6.42 Å². The van der Waals surface area contributed by atoms with E-state index in [9.17, 15) is 14.7 Å². The predicted octanol–water partition coefficient (Wildman–Crippen LogP) is 2.83. The van der Waals surface area contributed by atoms with E-state index in [4.69, 9.17) is 4.74 Å². The fourth-order valence-corrected chi connectivity index (χ4v) is 3.79. The van der Waals surface area contributed by atoms with Gasteiger partial charge in [-0.25, -0.2) is 0 Å². The lowest BCUT2D eigenvalue weighted by Gasteiger charge is -2.41. The maximum absolute atomic E-state index is 13.5. The van der Waals surface area contributed by atoms with Crippen molar-refractivity contribution in [3.63, 3.8) is 0 Å². The van der Waals surface area contributed by atoms with Crippen molar-refractivity contribution in [2.75, 3.05) is 0 Å². The van der Waals surface area contributed by atoms with E-state index in [1.165, 1.54) is 12.3 Å². The Morgan fingerprint density at radius 3 is 2.33 bits per heavy atom. The highest BCUT2D eigenvalue weighted by atomic mass is 16.6. The summed E-state index contributed by atoms with van der Waals surface area (Å²) in [6.45, 7) is 1.81. The van der Waals surface area contributed by atoms with Crippen LogP contribution in [0.25, 0.3) is 5.76 Å². The molecular formula is C22H19NO4. The van der Waals surface area contributed by atoms with Gasteiger partial charge >= 0.3 is 0 Å². The second kappa shape index (κ2) is 6.21. The van der Waals surface area contributed by atoms with Crippen LogP contribution < -0.4 is 5.32 Å². The number of hydrogen-bond acceptors (Lipinski definition) is 5. The maximum Gasteiger partial charge on any atom is 0.300 e. The summed E-state index contributed by atoms with van der Waals surface area (Å²) >= 11 is 0. The molecule has 2 aliphatic rings. The van der Waals surface area contributed by atoms with Gasteiger partial charge in [0.25, 0.3) is 5.79 Å². The molecule has 0 spiro atoms. The molecule has 2 aromatic carbocycles. The third kappa shape index (κ3) is 2.35. The van der Waals surface area contributed by atoms with E-state index in [-0.39, 0.29) is 23.5 Å². The number of ketones is 2. The Morgan fingerprint density at radius 1 is 1.07 bits per heavy atom. The molecule has 5 heteroatoms. The van der Waals surface area contributed by atoms with Crippen LogP contribution in [0.15, 0.2) is 78.5 Å². The number of nitrogens with one attached hydrogen (secondary N) is 1. The Morgan fingerprint density at radius 2 is 1.70 bits per heavy atom. The summed E-state index contributed by atoms with van der Waals surface area (Å²) in [5.74, 6) is -2.84. The van der Waals surface area contributed by atoms with Crippen LogP contribution in [-0.4, -0.2) is 28.0 Å². The third-order valence-corrected chi connectivity index (χ3v) is 5.21. The lowest BCUT2D eigenvalue weighted by molar-refractivity contribution is -0.193. The highest BCUT2D eigenvalue weighted by molar-refractivity contribution is 6.17. The number of carbonyl (C=O) groups is 2. The first-order chi connectivity index (χ1) is 13.0. The molecule has 0 aromatic heterocycles. The minimum absolute atomic E-state index is 0.221. The highest BCUT2D eigenvalue weighted by Crippen LogP contribution is 2.50. The number of rotatable bonds is 4. The second-order valence-corrected chi connectivity index (χ2v) is 6.61. The van der Waals surface area contributed by atoms with Gasteiger partial charge in [0.2, 0.25) is 5.78 Å². The summed E-state index contributed by atoms with van der Waals surface area (Å²) < 4.78 is 5.85. The number of aliphatic hydroxyl groups is 1. The van der Waals surface area contributed by atoms with Crippen LogP contribution in [-0.2, 0) is 9.53 Å². The Bertz CT molecular complexity index is 964. The molecule has 5 nitrogen and oxygen atoms in total. The van der Waals surface area contributed by atoms with Crippen molar-refractivity contribution in [1.29, 1.82) is 0 Å². The molecule has 0 radical (unpaired) electrons. The molecule has 2 aliphatic heterocycles. The van der Waals surface area contributed by atoms with E-state index in [0.29, 0.717) is 11.1 Å². The summed E-state index contributed by atoms with van der Waals surface area (Å²) in [5, 5.41) is 14.3. The van der Waals surface area contributed by atoms with Crippen LogP contribution >= 0.6 is 0 Å². The van der Waals surface area contributed by atoms with Gasteiger partial charge in [-0.2, -0.15) is 0 Å². The minimum atomic E-state index is -2.18. The molecule has 136 valence electrons. The van der Waals surface area contributed by atoms with Crippen molar-refractivity contribution in [1.82, 2.24) is 5.32 Å². The molecule has 0 amide bonds. The Kier molecular flexibility index (Phi) is 3.97.